The van der Waals surface area contributed by atoms with Crippen LogP contribution in [-0.4, -0.2) is 14.3 Å². The largest absolute Gasteiger partial charge is 0.485 e. The maximum Gasteiger partial charge on any atom is 0.269 e. The van der Waals surface area contributed by atoms with Crippen LogP contribution in [0.3, 0.4) is 0 Å². The van der Waals surface area contributed by atoms with Crippen LogP contribution in [0.1, 0.15) is 16.7 Å². The first-order valence-electron chi connectivity index (χ1n) is 11.3. The molecule has 0 aliphatic heterocycles. The Morgan fingerprint density at radius 2 is 1.63 bits per heavy atom. The van der Waals surface area contributed by atoms with Gasteiger partial charge in [-0.25, -0.2) is 4.98 Å². The standard InChI is InChI=1S/C28H24N4O3/c1-19-8-6-9-20(2)25(19)29-28-26(22-13-15-23(16-14-22)32(33)34)30-27-24(12-7-17-31(27)28)35-18-21-10-4-3-5-11-21/h3-17,29H,18H2,1-2H3. The van der Waals surface area contributed by atoms with Gasteiger partial charge < -0.3 is 10.1 Å². The highest BCUT2D eigenvalue weighted by Crippen LogP contribution is 2.36. The molecule has 0 saturated carbocycles. The molecule has 0 spiro atoms. The zero-order valence-corrected chi connectivity index (χ0v) is 19.4. The van der Waals surface area contributed by atoms with Crippen LogP contribution in [0.5, 0.6) is 5.75 Å². The van der Waals surface area contributed by atoms with Crippen LogP contribution in [0, 0.1) is 24.0 Å². The van der Waals surface area contributed by atoms with Gasteiger partial charge >= 0.3 is 0 Å². The van der Waals surface area contributed by atoms with Gasteiger partial charge in [0.05, 0.1) is 4.92 Å². The number of fused-ring (bicyclic) bond motifs is 1. The van der Waals surface area contributed by atoms with Crippen molar-refractivity contribution >= 4 is 22.8 Å². The third kappa shape index (κ3) is 4.44. The molecule has 35 heavy (non-hydrogen) atoms. The molecule has 0 amide bonds. The molecule has 0 radical (unpaired) electrons. The molecule has 174 valence electrons. The van der Waals surface area contributed by atoms with E-state index in [1.807, 2.05) is 59.1 Å². The first-order valence-corrected chi connectivity index (χ1v) is 11.3. The number of pyridine rings is 1. The smallest absolute Gasteiger partial charge is 0.269 e. The minimum absolute atomic E-state index is 0.0358. The normalized spacial score (nSPS) is 10.9. The van der Waals surface area contributed by atoms with Gasteiger partial charge in [0.15, 0.2) is 11.4 Å². The van der Waals surface area contributed by atoms with Crippen LogP contribution >= 0.6 is 0 Å². The molecule has 0 unspecified atom stereocenters. The predicted octanol–water partition coefficient (Wildman–Crippen LogP) is 6.85. The number of non-ortho nitro benzene ring substituents is 1. The summed E-state index contributed by atoms with van der Waals surface area (Å²) in [6.45, 7) is 4.52. The number of nitrogens with zero attached hydrogens (tertiary/aromatic N) is 3. The third-order valence-electron chi connectivity index (χ3n) is 5.93. The molecule has 0 fully saturated rings. The van der Waals surface area contributed by atoms with Gasteiger partial charge in [0.1, 0.15) is 18.1 Å². The molecule has 5 rings (SSSR count). The van der Waals surface area contributed by atoms with Crippen molar-refractivity contribution in [2.45, 2.75) is 20.5 Å². The van der Waals surface area contributed by atoms with E-state index >= 15 is 0 Å². The fourth-order valence-electron chi connectivity index (χ4n) is 4.08. The fraction of sp³-hybridized carbons (Fsp3) is 0.107. The summed E-state index contributed by atoms with van der Waals surface area (Å²) in [7, 11) is 0. The van der Waals surface area contributed by atoms with E-state index < -0.39 is 4.92 Å². The Balaban J connectivity index is 1.63. The Labute approximate surface area is 202 Å². The van der Waals surface area contributed by atoms with Gasteiger partial charge in [-0.3, -0.25) is 14.5 Å². The van der Waals surface area contributed by atoms with Gasteiger partial charge in [0.25, 0.3) is 5.69 Å². The summed E-state index contributed by atoms with van der Waals surface area (Å²) in [5, 5.41) is 14.7. The molecule has 0 atom stereocenters. The SMILES string of the molecule is Cc1cccc(C)c1Nc1c(-c2ccc([N+](=O)[O-])cc2)nc2c(OCc3ccccc3)cccn12. The lowest BCUT2D eigenvalue weighted by Gasteiger charge is -2.14. The maximum absolute atomic E-state index is 11.2. The van der Waals surface area contributed by atoms with Gasteiger partial charge in [0, 0.05) is 29.6 Å². The number of para-hydroxylation sites is 1. The number of nitro benzene ring substituents is 1. The van der Waals surface area contributed by atoms with Crippen molar-refractivity contribution in [2.24, 2.45) is 0 Å². The van der Waals surface area contributed by atoms with Gasteiger partial charge in [-0.1, -0.05) is 48.5 Å². The highest BCUT2D eigenvalue weighted by atomic mass is 16.6. The van der Waals surface area contributed by atoms with Gasteiger partial charge in [0.2, 0.25) is 0 Å². The second-order valence-electron chi connectivity index (χ2n) is 8.35. The number of rotatable bonds is 7. The molecule has 7 nitrogen and oxygen atoms in total. The highest BCUT2D eigenvalue weighted by Gasteiger charge is 2.19. The summed E-state index contributed by atoms with van der Waals surface area (Å²) < 4.78 is 8.12. The summed E-state index contributed by atoms with van der Waals surface area (Å²) in [5.74, 6) is 1.41. The molecule has 0 aliphatic carbocycles. The van der Waals surface area contributed by atoms with Crippen LogP contribution < -0.4 is 10.1 Å². The third-order valence-corrected chi connectivity index (χ3v) is 5.93. The van der Waals surface area contributed by atoms with Crippen LogP contribution in [0.25, 0.3) is 16.9 Å². The number of aromatic nitrogens is 2. The lowest BCUT2D eigenvalue weighted by atomic mass is 10.1. The average molecular weight is 465 g/mol. The number of nitro groups is 1. The lowest BCUT2D eigenvalue weighted by molar-refractivity contribution is -0.384. The van der Waals surface area contributed by atoms with E-state index in [0.717, 1.165) is 33.8 Å². The van der Waals surface area contributed by atoms with E-state index in [-0.39, 0.29) is 5.69 Å². The van der Waals surface area contributed by atoms with Gasteiger partial charge in [-0.05, 0) is 54.8 Å². The Hall–Kier alpha value is -4.65. The van der Waals surface area contributed by atoms with E-state index in [0.29, 0.717) is 23.7 Å². The number of hydrogen-bond acceptors (Lipinski definition) is 5. The van der Waals surface area contributed by atoms with Crippen molar-refractivity contribution in [3.05, 3.63) is 118 Å². The first-order chi connectivity index (χ1) is 17.0. The minimum atomic E-state index is -0.404. The van der Waals surface area contributed by atoms with Crippen molar-refractivity contribution < 1.29 is 9.66 Å². The zero-order chi connectivity index (χ0) is 24.4. The minimum Gasteiger partial charge on any atom is -0.485 e. The topological polar surface area (TPSA) is 81.7 Å². The van der Waals surface area contributed by atoms with Gasteiger partial charge in [-0.15, -0.1) is 0 Å². The molecule has 0 bridgehead atoms. The van der Waals surface area contributed by atoms with E-state index in [4.69, 9.17) is 9.72 Å². The molecular weight excluding hydrogens is 440 g/mol. The van der Waals surface area contributed by atoms with Crippen molar-refractivity contribution in [3.8, 4) is 17.0 Å². The highest BCUT2D eigenvalue weighted by molar-refractivity contribution is 5.82. The number of aryl methyl sites for hydroxylation is 2. The maximum atomic E-state index is 11.2. The van der Waals surface area contributed by atoms with E-state index in [1.54, 1.807) is 12.1 Å². The molecule has 0 aliphatic rings. The number of benzene rings is 3. The summed E-state index contributed by atoms with van der Waals surface area (Å²) in [6.07, 6.45) is 1.93. The van der Waals surface area contributed by atoms with E-state index in [2.05, 4.69) is 31.3 Å². The Morgan fingerprint density at radius 1 is 0.914 bits per heavy atom. The van der Waals surface area contributed by atoms with Crippen LogP contribution in [-0.2, 0) is 6.61 Å². The van der Waals surface area contributed by atoms with Crippen LogP contribution in [0.15, 0.2) is 91.1 Å². The monoisotopic (exact) mass is 464 g/mol. The zero-order valence-electron chi connectivity index (χ0n) is 19.4. The summed E-state index contributed by atoms with van der Waals surface area (Å²) in [6, 6.07) is 26.4. The number of ether oxygens (including phenoxy) is 1. The molecule has 7 heteroatoms. The predicted molar refractivity (Wildman–Crippen MR) is 137 cm³/mol. The first kappa shape index (κ1) is 22.2. The van der Waals surface area contributed by atoms with Crippen LogP contribution in [0.4, 0.5) is 17.2 Å². The molecule has 3 aromatic carbocycles. The number of nitrogens with one attached hydrogen (secondary N) is 1. The van der Waals surface area contributed by atoms with Crippen molar-refractivity contribution in [1.29, 1.82) is 0 Å². The van der Waals surface area contributed by atoms with Crippen molar-refractivity contribution in [1.82, 2.24) is 9.38 Å². The Kier molecular flexibility index (Phi) is 5.89. The molecule has 1 N–H and O–H groups in total. The quantitative estimate of drug-likeness (QED) is 0.210. The summed E-state index contributed by atoms with van der Waals surface area (Å²) in [4.78, 5) is 15.7. The van der Waals surface area contributed by atoms with Gasteiger partial charge in [-0.2, -0.15) is 0 Å². The van der Waals surface area contributed by atoms with Crippen molar-refractivity contribution in [3.63, 3.8) is 0 Å². The number of anilines is 2. The summed E-state index contributed by atoms with van der Waals surface area (Å²) in [5.41, 5.74) is 6.40. The lowest BCUT2D eigenvalue weighted by Crippen LogP contribution is -2.01. The summed E-state index contributed by atoms with van der Waals surface area (Å²) >= 11 is 0. The second-order valence-corrected chi connectivity index (χ2v) is 8.35. The molecule has 2 aromatic heterocycles. The Morgan fingerprint density at radius 3 is 2.31 bits per heavy atom. The number of hydrogen-bond donors (Lipinski definition) is 1. The molecule has 0 saturated heterocycles. The van der Waals surface area contributed by atoms with E-state index in [1.165, 1.54) is 12.1 Å². The van der Waals surface area contributed by atoms with Crippen molar-refractivity contribution in [2.75, 3.05) is 5.32 Å². The number of imidazole rings is 1. The molecule has 5 aromatic rings. The second kappa shape index (κ2) is 9.30. The Bertz CT molecular complexity index is 1490. The van der Waals surface area contributed by atoms with Crippen LogP contribution in [0.2, 0.25) is 0 Å². The van der Waals surface area contributed by atoms with E-state index in [9.17, 15) is 10.1 Å². The molecular formula is C28H24N4O3. The average Bonchev–Trinajstić information content (AvgIpc) is 3.24. The fourth-order valence-corrected chi connectivity index (χ4v) is 4.08. The molecule has 2 heterocycles.